The van der Waals surface area contributed by atoms with E-state index in [1.54, 1.807) is 11.2 Å². The Morgan fingerprint density at radius 3 is 2.78 bits per heavy atom. The molecule has 4 rings (SSSR count). The summed E-state index contributed by atoms with van der Waals surface area (Å²) in [6.45, 7) is 8.87. The Morgan fingerprint density at radius 1 is 1.35 bits per heavy atom. The Bertz CT molecular complexity index is 691. The third-order valence-electron chi connectivity index (χ3n) is 4.85. The number of allylic oxidation sites excluding steroid dienone is 1. The van der Waals surface area contributed by atoms with Gasteiger partial charge in [-0.25, -0.2) is 8.42 Å². The number of hydrogen-bond acceptors (Lipinski definition) is 5. The van der Waals surface area contributed by atoms with E-state index < -0.39 is 10.0 Å². The largest absolute Gasteiger partial charge is 0.360 e. The van der Waals surface area contributed by atoms with Crippen LogP contribution in [-0.4, -0.2) is 55.0 Å². The zero-order chi connectivity index (χ0) is 16.6. The van der Waals surface area contributed by atoms with Crippen molar-refractivity contribution < 1.29 is 12.9 Å². The first-order valence-corrected chi connectivity index (χ1v) is 9.60. The van der Waals surface area contributed by atoms with Crippen LogP contribution in [0.3, 0.4) is 0 Å². The minimum atomic E-state index is -3.52. The summed E-state index contributed by atoms with van der Waals surface area (Å²) in [5.41, 5.74) is 1.30. The predicted molar refractivity (Wildman–Crippen MR) is 87.5 cm³/mol. The molecule has 0 amide bonds. The Hall–Kier alpha value is -1.18. The van der Waals surface area contributed by atoms with Crippen LogP contribution < -0.4 is 0 Å². The zero-order valence-corrected chi connectivity index (χ0v) is 14.8. The predicted octanol–water partition coefficient (Wildman–Crippen LogP) is 2.03. The molecule has 0 spiro atoms. The third-order valence-corrected chi connectivity index (χ3v) is 6.78. The van der Waals surface area contributed by atoms with Crippen molar-refractivity contribution in [2.45, 2.75) is 44.6 Å². The maximum Gasteiger partial charge on any atom is 0.248 e. The summed E-state index contributed by atoms with van der Waals surface area (Å²) in [5, 5.41) is 3.62. The molecule has 1 aromatic heterocycles. The van der Waals surface area contributed by atoms with E-state index >= 15 is 0 Å². The van der Waals surface area contributed by atoms with Gasteiger partial charge in [-0.1, -0.05) is 16.8 Å². The summed E-state index contributed by atoms with van der Waals surface area (Å²) >= 11 is 0. The molecule has 0 aliphatic carbocycles. The molecule has 0 saturated carbocycles. The fourth-order valence-corrected chi connectivity index (χ4v) is 5.16. The fourth-order valence-electron chi connectivity index (χ4n) is 3.53. The van der Waals surface area contributed by atoms with Crippen LogP contribution in [0.2, 0.25) is 0 Å². The molecule has 0 radical (unpaired) electrons. The van der Waals surface area contributed by atoms with Crippen molar-refractivity contribution in [3.8, 4) is 0 Å². The lowest BCUT2D eigenvalue weighted by Gasteiger charge is -2.35. The number of rotatable bonds is 4. The lowest BCUT2D eigenvalue weighted by atomic mass is 9.95. The molecule has 0 aromatic carbocycles. The van der Waals surface area contributed by atoms with E-state index in [-0.39, 0.29) is 4.90 Å². The van der Waals surface area contributed by atoms with Crippen LogP contribution in [0.25, 0.3) is 0 Å². The van der Waals surface area contributed by atoms with Gasteiger partial charge < -0.3 is 4.52 Å². The lowest BCUT2D eigenvalue weighted by molar-refractivity contribution is 0.148. The highest BCUT2D eigenvalue weighted by molar-refractivity contribution is 7.89. The molecule has 7 heteroatoms. The molecule has 1 aromatic rings. The highest BCUT2D eigenvalue weighted by atomic mass is 32.2. The van der Waals surface area contributed by atoms with Gasteiger partial charge in [0.1, 0.15) is 4.90 Å². The topological polar surface area (TPSA) is 66.7 Å². The van der Waals surface area contributed by atoms with Gasteiger partial charge in [0.2, 0.25) is 10.0 Å². The van der Waals surface area contributed by atoms with Crippen molar-refractivity contribution in [2.75, 3.05) is 26.2 Å². The molecule has 23 heavy (non-hydrogen) atoms. The fraction of sp³-hybridized carbons (Fsp3) is 0.688. The van der Waals surface area contributed by atoms with Crippen LogP contribution in [0.15, 0.2) is 27.3 Å². The molecular weight excluding hydrogens is 314 g/mol. The highest BCUT2D eigenvalue weighted by Gasteiger charge is 2.40. The Kier molecular flexibility index (Phi) is 4.62. The zero-order valence-electron chi connectivity index (χ0n) is 14.0. The van der Waals surface area contributed by atoms with E-state index in [4.69, 9.17) is 4.52 Å². The van der Waals surface area contributed by atoms with Gasteiger partial charge in [0, 0.05) is 32.2 Å². The molecule has 2 bridgehead atoms. The van der Waals surface area contributed by atoms with Gasteiger partial charge in [0.05, 0.1) is 6.20 Å². The van der Waals surface area contributed by atoms with Crippen molar-refractivity contribution in [1.82, 2.24) is 14.4 Å². The number of hydrogen-bond donors (Lipinski definition) is 0. The summed E-state index contributed by atoms with van der Waals surface area (Å²) in [4.78, 5) is 2.63. The van der Waals surface area contributed by atoms with Gasteiger partial charge >= 0.3 is 0 Å². The van der Waals surface area contributed by atoms with Crippen molar-refractivity contribution in [3.05, 3.63) is 23.6 Å². The number of nitrogens with zero attached hydrogens (tertiary/aromatic N) is 3. The maximum absolute atomic E-state index is 12.9. The van der Waals surface area contributed by atoms with Crippen molar-refractivity contribution in [3.63, 3.8) is 0 Å². The number of aryl methyl sites for hydroxylation is 1. The second kappa shape index (κ2) is 6.37. The number of fused-ring (bicyclic) bond motifs is 4. The standard InChI is InChI=1S/C16H25N3O3S/c1-12(2)6-7-18-9-14-4-5-15(18)11-19(10-14)23(20,21)16-8-17-22-13(16)3/h6,8,14-15H,4-5,7,9-11H2,1-3H3/t14-,15-/m1/s1. The Labute approximate surface area is 138 Å². The molecular formula is C16H25N3O3S. The molecule has 2 atom stereocenters. The molecule has 4 heterocycles. The van der Waals surface area contributed by atoms with Crippen molar-refractivity contribution in [2.24, 2.45) is 5.92 Å². The van der Waals surface area contributed by atoms with Crippen LogP contribution in [0.4, 0.5) is 0 Å². The Balaban J connectivity index is 1.82. The van der Waals surface area contributed by atoms with E-state index in [1.807, 2.05) is 0 Å². The Morgan fingerprint density at radius 2 is 2.13 bits per heavy atom. The summed E-state index contributed by atoms with van der Waals surface area (Å²) in [7, 11) is -3.52. The smallest absolute Gasteiger partial charge is 0.248 e. The highest BCUT2D eigenvalue weighted by Crippen LogP contribution is 2.31. The summed E-state index contributed by atoms with van der Waals surface area (Å²) in [6, 6.07) is 0.291. The molecule has 128 valence electrons. The number of sulfonamides is 1. The molecule has 3 fully saturated rings. The van der Waals surface area contributed by atoms with E-state index in [9.17, 15) is 8.42 Å². The van der Waals surface area contributed by atoms with Crippen LogP contribution in [0.1, 0.15) is 32.4 Å². The average Bonchev–Trinajstić information content (AvgIpc) is 2.72. The molecule has 6 nitrogen and oxygen atoms in total. The second-order valence-electron chi connectivity index (χ2n) is 6.90. The third kappa shape index (κ3) is 3.36. The average molecular weight is 339 g/mol. The van der Waals surface area contributed by atoms with Gasteiger partial charge in [-0.15, -0.1) is 0 Å². The monoisotopic (exact) mass is 339 g/mol. The normalized spacial score (nSPS) is 26.2. The first-order chi connectivity index (χ1) is 10.9. The second-order valence-corrected chi connectivity index (χ2v) is 8.81. The van der Waals surface area contributed by atoms with E-state index in [2.05, 4.69) is 30.0 Å². The van der Waals surface area contributed by atoms with Crippen LogP contribution in [0.5, 0.6) is 0 Å². The first-order valence-electron chi connectivity index (χ1n) is 8.16. The van der Waals surface area contributed by atoms with Crippen LogP contribution in [-0.2, 0) is 10.0 Å². The maximum atomic E-state index is 12.9. The van der Waals surface area contributed by atoms with E-state index in [0.29, 0.717) is 30.8 Å². The van der Waals surface area contributed by atoms with Gasteiger partial charge in [0.25, 0.3) is 0 Å². The molecule has 3 aliphatic heterocycles. The summed E-state index contributed by atoms with van der Waals surface area (Å²) < 4.78 is 32.4. The van der Waals surface area contributed by atoms with Crippen LogP contribution >= 0.6 is 0 Å². The van der Waals surface area contributed by atoms with Crippen molar-refractivity contribution >= 4 is 10.0 Å². The SMILES string of the molecule is CC(C)=CCN1C[C@H]2CC[C@@H]1CN(S(=O)(=O)c1cnoc1C)C2. The molecule has 0 unspecified atom stereocenters. The van der Waals surface area contributed by atoms with E-state index in [1.165, 1.54) is 11.8 Å². The quantitative estimate of drug-likeness (QED) is 0.785. The van der Waals surface area contributed by atoms with Gasteiger partial charge in [-0.2, -0.15) is 4.31 Å². The minimum absolute atomic E-state index is 0.203. The van der Waals surface area contributed by atoms with Gasteiger partial charge in [-0.05, 0) is 39.5 Å². The molecule has 0 N–H and O–H groups in total. The van der Waals surface area contributed by atoms with Crippen LogP contribution in [0, 0.1) is 12.8 Å². The molecule has 3 aliphatic rings. The first kappa shape index (κ1) is 16.7. The number of aromatic nitrogens is 1. The number of piperidine rings is 1. The summed E-state index contributed by atoms with van der Waals surface area (Å²) in [6.07, 6.45) is 5.71. The lowest BCUT2D eigenvalue weighted by Crippen LogP contribution is -2.44. The van der Waals surface area contributed by atoms with Gasteiger partial charge in [0.15, 0.2) is 5.76 Å². The molecule has 3 saturated heterocycles. The minimum Gasteiger partial charge on any atom is -0.360 e. The van der Waals surface area contributed by atoms with E-state index in [0.717, 1.165) is 25.9 Å². The summed E-state index contributed by atoms with van der Waals surface area (Å²) in [5.74, 6) is 0.761. The van der Waals surface area contributed by atoms with Gasteiger partial charge in [-0.3, -0.25) is 4.90 Å². The van der Waals surface area contributed by atoms with Crippen molar-refractivity contribution in [1.29, 1.82) is 0 Å².